The largest absolute Gasteiger partial charge is 0.481 e. The monoisotopic (exact) mass is 282 g/mol. The molecule has 0 bridgehead atoms. The Morgan fingerprint density at radius 3 is 2.25 bits per heavy atom. The van der Waals surface area contributed by atoms with Crippen LogP contribution in [0.25, 0.3) is 0 Å². The maximum atomic E-state index is 10.8. The molecule has 0 saturated carbocycles. The summed E-state index contributed by atoms with van der Waals surface area (Å²) < 4.78 is 0. The van der Waals surface area contributed by atoms with E-state index in [1.807, 2.05) is 6.08 Å². The van der Waals surface area contributed by atoms with Crippen molar-refractivity contribution in [1.82, 2.24) is 0 Å². The van der Waals surface area contributed by atoms with Crippen LogP contribution in [0.2, 0.25) is 0 Å². The Morgan fingerprint density at radius 2 is 1.65 bits per heavy atom. The number of allylic oxidation sites excluding steroid dienone is 3. The van der Waals surface area contributed by atoms with E-state index >= 15 is 0 Å². The summed E-state index contributed by atoms with van der Waals surface area (Å²) in [5.41, 5.74) is 0. The van der Waals surface area contributed by atoms with Gasteiger partial charge in [-0.25, -0.2) is 0 Å². The molecule has 0 aromatic rings. The van der Waals surface area contributed by atoms with Gasteiger partial charge in [0.2, 0.25) is 0 Å². The summed E-state index contributed by atoms with van der Waals surface area (Å²) in [4.78, 5) is 21.3. The van der Waals surface area contributed by atoms with Crippen molar-refractivity contribution in [2.24, 2.45) is 5.92 Å². The van der Waals surface area contributed by atoms with Gasteiger partial charge in [-0.05, 0) is 12.8 Å². The highest BCUT2D eigenvalue weighted by atomic mass is 16.4. The first-order chi connectivity index (χ1) is 9.57. The van der Waals surface area contributed by atoms with Gasteiger partial charge in [-0.3, -0.25) is 9.59 Å². The Hall–Kier alpha value is -1.58. The SMILES string of the molecule is CCCCCCCCC=CC=CC(CC(=O)O)C(=O)O. The quantitative estimate of drug-likeness (QED) is 0.418. The van der Waals surface area contributed by atoms with Crippen LogP contribution in [-0.2, 0) is 9.59 Å². The molecule has 0 aromatic carbocycles. The zero-order chi connectivity index (χ0) is 15.2. The average Bonchev–Trinajstić information content (AvgIpc) is 2.39. The third-order valence-electron chi connectivity index (χ3n) is 3.03. The summed E-state index contributed by atoms with van der Waals surface area (Å²) in [5.74, 6) is -3.16. The van der Waals surface area contributed by atoms with Crippen molar-refractivity contribution in [2.75, 3.05) is 0 Å². The molecule has 0 fully saturated rings. The van der Waals surface area contributed by atoms with E-state index in [-0.39, 0.29) is 6.42 Å². The van der Waals surface area contributed by atoms with Crippen LogP contribution < -0.4 is 0 Å². The van der Waals surface area contributed by atoms with Gasteiger partial charge in [-0.15, -0.1) is 0 Å². The summed E-state index contributed by atoms with van der Waals surface area (Å²) in [5, 5.41) is 17.4. The van der Waals surface area contributed by atoms with Crippen molar-refractivity contribution < 1.29 is 19.8 Å². The van der Waals surface area contributed by atoms with Gasteiger partial charge >= 0.3 is 11.9 Å². The Bertz CT molecular complexity index is 331. The molecule has 114 valence electrons. The second-order valence-corrected chi connectivity index (χ2v) is 4.91. The fourth-order valence-electron chi connectivity index (χ4n) is 1.84. The second kappa shape index (κ2) is 12.5. The Balaban J connectivity index is 3.77. The molecule has 0 saturated heterocycles. The molecule has 0 aliphatic rings. The van der Waals surface area contributed by atoms with Crippen LogP contribution in [0.4, 0.5) is 0 Å². The Kier molecular flexibility index (Phi) is 11.5. The van der Waals surface area contributed by atoms with Crippen molar-refractivity contribution in [2.45, 2.75) is 58.3 Å². The molecular weight excluding hydrogens is 256 g/mol. The molecule has 2 N–H and O–H groups in total. The van der Waals surface area contributed by atoms with Gasteiger partial charge in [-0.1, -0.05) is 63.3 Å². The van der Waals surface area contributed by atoms with E-state index in [2.05, 4.69) is 6.92 Å². The summed E-state index contributed by atoms with van der Waals surface area (Å²) in [6.45, 7) is 2.20. The minimum absolute atomic E-state index is 0.378. The number of carbonyl (C=O) groups is 2. The van der Waals surface area contributed by atoms with E-state index in [4.69, 9.17) is 10.2 Å². The molecule has 4 nitrogen and oxygen atoms in total. The van der Waals surface area contributed by atoms with E-state index in [0.29, 0.717) is 0 Å². The second-order valence-electron chi connectivity index (χ2n) is 4.91. The molecule has 0 aliphatic carbocycles. The number of carboxylic acid groups (broad SMARTS) is 2. The van der Waals surface area contributed by atoms with Gasteiger partial charge in [0.25, 0.3) is 0 Å². The highest BCUT2D eigenvalue weighted by Crippen LogP contribution is 2.08. The van der Waals surface area contributed by atoms with E-state index in [0.717, 1.165) is 12.8 Å². The molecular formula is C16H26O4. The maximum absolute atomic E-state index is 10.8. The van der Waals surface area contributed by atoms with Crippen molar-refractivity contribution in [1.29, 1.82) is 0 Å². The molecule has 0 radical (unpaired) electrons. The summed E-state index contributed by atoms with van der Waals surface area (Å²) in [7, 11) is 0. The van der Waals surface area contributed by atoms with Gasteiger partial charge in [0, 0.05) is 0 Å². The minimum Gasteiger partial charge on any atom is -0.481 e. The lowest BCUT2D eigenvalue weighted by molar-refractivity contribution is -0.146. The van der Waals surface area contributed by atoms with Crippen LogP contribution in [-0.4, -0.2) is 22.2 Å². The first-order valence-electron chi connectivity index (χ1n) is 7.35. The van der Waals surface area contributed by atoms with Gasteiger partial charge in [-0.2, -0.15) is 0 Å². The van der Waals surface area contributed by atoms with E-state index in [1.165, 1.54) is 38.2 Å². The van der Waals surface area contributed by atoms with Crippen molar-refractivity contribution in [3.8, 4) is 0 Å². The van der Waals surface area contributed by atoms with Crippen LogP contribution in [0.3, 0.4) is 0 Å². The topological polar surface area (TPSA) is 74.6 Å². The standard InChI is InChI=1S/C16H26O4/c1-2-3-4-5-6-7-8-9-10-11-12-14(16(19)20)13-15(17)18/h9-12,14H,2-8,13H2,1H3,(H,17,18)(H,19,20). The maximum Gasteiger partial charge on any atom is 0.310 e. The first kappa shape index (κ1) is 18.4. The van der Waals surface area contributed by atoms with Crippen molar-refractivity contribution >= 4 is 11.9 Å². The lowest BCUT2D eigenvalue weighted by atomic mass is 10.1. The fourth-order valence-corrected chi connectivity index (χ4v) is 1.84. The zero-order valence-corrected chi connectivity index (χ0v) is 12.3. The summed E-state index contributed by atoms with van der Waals surface area (Å²) in [6, 6.07) is 0. The predicted octanol–water partition coefficient (Wildman–Crippen LogP) is 4.02. The average molecular weight is 282 g/mol. The van der Waals surface area contributed by atoms with E-state index in [1.54, 1.807) is 12.2 Å². The number of hydrogen-bond donors (Lipinski definition) is 2. The van der Waals surface area contributed by atoms with E-state index < -0.39 is 17.9 Å². The Morgan fingerprint density at radius 1 is 1.00 bits per heavy atom. The van der Waals surface area contributed by atoms with Crippen LogP contribution in [0.15, 0.2) is 24.3 Å². The molecule has 20 heavy (non-hydrogen) atoms. The number of rotatable bonds is 12. The normalized spacial score (nSPS) is 13.1. The molecule has 1 atom stereocenters. The number of aliphatic carboxylic acids is 2. The van der Waals surface area contributed by atoms with Gasteiger partial charge in [0.15, 0.2) is 0 Å². The third-order valence-corrected chi connectivity index (χ3v) is 3.03. The van der Waals surface area contributed by atoms with E-state index in [9.17, 15) is 9.59 Å². The molecule has 0 spiro atoms. The summed E-state index contributed by atoms with van der Waals surface area (Å²) in [6.07, 6.45) is 14.9. The van der Waals surface area contributed by atoms with Crippen LogP contribution in [0, 0.1) is 5.92 Å². The van der Waals surface area contributed by atoms with Crippen molar-refractivity contribution in [3.63, 3.8) is 0 Å². The lowest BCUT2D eigenvalue weighted by Crippen LogP contribution is -2.15. The molecule has 0 aliphatic heterocycles. The Labute approximate surface area is 121 Å². The van der Waals surface area contributed by atoms with Crippen molar-refractivity contribution in [3.05, 3.63) is 24.3 Å². The smallest absolute Gasteiger partial charge is 0.310 e. The molecule has 4 heteroatoms. The van der Waals surface area contributed by atoms with Crippen LogP contribution in [0.5, 0.6) is 0 Å². The minimum atomic E-state index is -1.10. The first-order valence-corrected chi connectivity index (χ1v) is 7.35. The fraction of sp³-hybridized carbons (Fsp3) is 0.625. The van der Waals surface area contributed by atoms with Gasteiger partial charge in [0.1, 0.15) is 0 Å². The molecule has 0 rings (SSSR count). The molecule has 0 amide bonds. The van der Waals surface area contributed by atoms with Crippen LogP contribution >= 0.6 is 0 Å². The van der Waals surface area contributed by atoms with Gasteiger partial charge < -0.3 is 10.2 Å². The molecule has 1 unspecified atom stereocenters. The van der Waals surface area contributed by atoms with Crippen LogP contribution in [0.1, 0.15) is 58.3 Å². The molecule has 0 heterocycles. The number of carboxylic acids is 2. The number of hydrogen-bond acceptors (Lipinski definition) is 2. The zero-order valence-electron chi connectivity index (χ0n) is 12.3. The lowest BCUT2D eigenvalue weighted by Gasteiger charge is -2.02. The third kappa shape index (κ3) is 11.5. The number of unbranched alkanes of at least 4 members (excludes halogenated alkanes) is 6. The highest BCUT2D eigenvalue weighted by molar-refractivity contribution is 5.79. The highest BCUT2D eigenvalue weighted by Gasteiger charge is 2.16. The summed E-state index contributed by atoms with van der Waals surface area (Å²) >= 11 is 0. The molecule has 0 aromatic heterocycles. The van der Waals surface area contributed by atoms with Gasteiger partial charge in [0.05, 0.1) is 12.3 Å². The predicted molar refractivity (Wildman–Crippen MR) is 79.7 cm³/mol.